The summed E-state index contributed by atoms with van der Waals surface area (Å²) in [4.78, 5) is 35.4. The molecule has 3 aromatic carbocycles. The van der Waals surface area contributed by atoms with E-state index < -0.39 is 0 Å². The Kier molecular flexibility index (Phi) is 5.17. The molecule has 3 rings (SSSR count). The molecular weight excluding hydrogens is 342 g/mol. The zero-order valence-corrected chi connectivity index (χ0v) is 15.0. The van der Waals surface area contributed by atoms with Crippen molar-refractivity contribution in [3.8, 4) is 0 Å². The van der Waals surface area contributed by atoms with E-state index in [1.54, 1.807) is 18.2 Å². The van der Waals surface area contributed by atoms with Gasteiger partial charge in [0.2, 0.25) is 11.8 Å². The molecule has 0 aromatic heterocycles. The highest BCUT2D eigenvalue weighted by Crippen LogP contribution is 2.22. The number of nitrogens with one attached hydrogen (secondary N) is 3. The molecule has 6 nitrogen and oxygen atoms in total. The van der Waals surface area contributed by atoms with Gasteiger partial charge in [0.05, 0.1) is 0 Å². The van der Waals surface area contributed by atoms with Crippen molar-refractivity contribution in [2.75, 3.05) is 16.0 Å². The Morgan fingerprint density at radius 3 is 1.81 bits per heavy atom. The molecule has 6 heteroatoms. The normalized spacial score (nSPS) is 10.3. The summed E-state index contributed by atoms with van der Waals surface area (Å²) in [6, 6.07) is 18.2. The number of hydrogen-bond acceptors (Lipinski definition) is 3. The molecule has 0 aliphatic carbocycles. The summed E-state index contributed by atoms with van der Waals surface area (Å²) in [5.41, 5.74) is 1.83. The predicted octanol–water partition coefficient (Wildman–Crippen LogP) is 4.01. The molecule has 0 aliphatic rings. The largest absolute Gasteiger partial charge is 0.326 e. The number of rotatable bonds is 4. The zero-order chi connectivity index (χ0) is 19.4. The lowest BCUT2D eigenvalue weighted by atomic mass is 10.1. The van der Waals surface area contributed by atoms with E-state index in [1.165, 1.54) is 13.8 Å². The van der Waals surface area contributed by atoms with Crippen LogP contribution in [0.15, 0.2) is 60.7 Å². The van der Waals surface area contributed by atoms with Crippen molar-refractivity contribution >= 4 is 45.6 Å². The fourth-order valence-corrected chi connectivity index (χ4v) is 2.78. The van der Waals surface area contributed by atoms with Crippen molar-refractivity contribution in [1.29, 1.82) is 0 Å². The Labute approximate surface area is 156 Å². The quantitative estimate of drug-likeness (QED) is 0.656. The van der Waals surface area contributed by atoms with Gasteiger partial charge in [0, 0.05) is 36.5 Å². The minimum Gasteiger partial charge on any atom is -0.326 e. The highest BCUT2D eigenvalue weighted by molar-refractivity contribution is 6.07. The molecule has 27 heavy (non-hydrogen) atoms. The van der Waals surface area contributed by atoms with Gasteiger partial charge in [-0.2, -0.15) is 0 Å². The average Bonchev–Trinajstić information content (AvgIpc) is 2.60. The number of anilines is 3. The Morgan fingerprint density at radius 1 is 0.630 bits per heavy atom. The molecule has 0 aliphatic heterocycles. The van der Waals surface area contributed by atoms with E-state index in [1.807, 2.05) is 42.5 Å². The number of carbonyl (C=O) groups excluding carboxylic acids is 3. The van der Waals surface area contributed by atoms with Crippen molar-refractivity contribution in [3.05, 3.63) is 66.2 Å². The third-order valence-corrected chi connectivity index (χ3v) is 3.84. The predicted molar refractivity (Wildman–Crippen MR) is 107 cm³/mol. The van der Waals surface area contributed by atoms with Gasteiger partial charge in [-0.15, -0.1) is 0 Å². The molecule has 3 aromatic rings. The topological polar surface area (TPSA) is 87.3 Å². The number of fused-ring (bicyclic) bond motifs is 1. The maximum absolute atomic E-state index is 12.7. The third-order valence-electron chi connectivity index (χ3n) is 3.84. The summed E-state index contributed by atoms with van der Waals surface area (Å²) >= 11 is 0. The summed E-state index contributed by atoms with van der Waals surface area (Å²) in [5.74, 6) is -0.879. The van der Waals surface area contributed by atoms with Gasteiger partial charge in [0.25, 0.3) is 5.91 Å². The van der Waals surface area contributed by atoms with Crippen molar-refractivity contribution in [3.63, 3.8) is 0 Å². The first-order chi connectivity index (χ1) is 12.9. The summed E-state index contributed by atoms with van der Waals surface area (Å²) in [6.45, 7) is 2.75. The lowest BCUT2D eigenvalue weighted by Crippen LogP contribution is -2.15. The van der Waals surface area contributed by atoms with Crippen molar-refractivity contribution in [2.45, 2.75) is 13.8 Å². The summed E-state index contributed by atoms with van der Waals surface area (Å²) < 4.78 is 0. The summed E-state index contributed by atoms with van der Waals surface area (Å²) in [6.07, 6.45) is 0. The molecule has 0 heterocycles. The molecule has 0 fully saturated rings. The van der Waals surface area contributed by atoms with Crippen LogP contribution in [0.4, 0.5) is 17.1 Å². The second-order valence-corrected chi connectivity index (χ2v) is 6.18. The van der Waals surface area contributed by atoms with E-state index in [-0.39, 0.29) is 17.7 Å². The molecule has 0 unspecified atom stereocenters. The monoisotopic (exact) mass is 361 g/mol. The standard InChI is InChI=1S/C21H19N3O3/c1-13(25)22-19-10-17(11-20(12-19)23-14(2)26)21(27)24-18-8-7-15-5-3-4-6-16(15)9-18/h3-12H,1-2H3,(H,22,25)(H,23,26)(H,24,27). The van der Waals surface area contributed by atoms with Crippen LogP contribution in [0.2, 0.25) is 0 Å². The minimum atomic E-state index is -0.343. The second-order valence-electron chi connectivity index (χ2n) is 6.18. The van der Waals surface area contributed by atoms with E-state index in [0.717, 1.165) is 10.8 Å². The van der Waals surface area contributed by atoms with E-state index >= 15 is 0 Å². The van der Waals surface area contributed by atoms with Crippen LogP contribution in [0.5, 0.6) is 0 Å². The first-order valence-electron chi connectivity index (χ1n) is 8.41. The molecule has 3 amide bonds. The van der Waals surface area contributed by atoms with Crippen LogP contribution in [0.1, 0.15) is 24.2 Å². The van der Waals surface area contributed by atoms with Crippen LogP contribution in [-0.2, 0) is 9.59 Å². The van der Waals surface area contributed by atoms with Crippen LogP contribution >= 0.6 is 0 Å². The Hall–Kier alpha value is -3.67. The third kappa shape index (κ3) is 4.70. The zero-order valence-electron chi connectivity index (χ0n) is 15.0. The fraction of sp³-hybridized carbons (Fsp3) is 0.0952. The maximum atomic E-state index is 12.7. The van der Waals surface area contributed by atoms with Crippen molar-refractivity contribution < 1.29 is 14.4 Å². The van der Waals surface area contributed by atoms with Gasteiger partial charge < -0.3 is 16.0 Å². The van der Waals surface area contributed by atoms with Crippen LogP contribution in [0.25, 0.3) is 10.8 Å². The molecule has 3 N–H and O–H groups in total. The van der Waals surface area contributed by atoms with Gasteiger partial charge in [-0.25, -0.2) is 0 Å². The SMILES string of the molecule is CC(=O)Nc1cc(NC(C)=O)cc(C(=O)Nc2ccc3ccccc3c2)c1. The average molecular weight is 361 g/mol. The lowest BCUT2D eigenvalue weighted by Gasteiger charge is -2.11. The Bertz CT molecular complexity index is 1010. The van der Waals surface area contributed by atoms with E-state index in [4.69, 9.17) is 0 Å². The molecule has 0 atom stereocenters. The number of carbonyl (C=O) groups is 3. The first-order valence-corrected chi connectivity index (χ1v) is 8.41. The molecule has 0 saturated carbocycles. The first kappa shape index (κ1) is 18.1. The van der Waals surface area contributed by atoms with Gasteiger partial charge in [-0.1, -0.05) is 30.3 Å². The molecule has 0 saturated heterocycles. The maximum Gasteiger partial charge on any atom is 0.255 e. The molecule has 0 radical (unpaired) electrons. The molecule has 0 spiro atoms. The van der Waals surface area contributed by atoms with Crippen LogP contribution in [0, 0.1) is 0 Å². The van der Waals surface area contributed by atoms with Crippen molar-refractivity contribution in [1.82, 2.24) is 0 Å². The summed E-state index contributed by atoms with van der Waals surface area (Å²) in [7, 11) is 0. The Morgan fingerprint density at radius 2 is 1.22 bits per heavy atom. The number of benzene rings is 3. The van der Waals surface area contributed by atoms with Crippen LogP contribution < -0.4 is 16.0 Å². The van der Waals surface area contributed by atoms with Gasteiger partial charge in [-0.3, -0.25) is 14.4 Å². The van der Waals surface area contributed by atoms with Gasteiger partial charge >= 0.3 is 0 Å². The minimum absolute atomic E-state index is 0.268. The van der Waals surface area contributed by atoms with Crippen molar-refractivity contribution in [2.24, 2.45) is 0 Å². The van der Waals surface area contributed by atoms with E-state index in [2.05, 4.69) is 16.0 Å². The number of hydrogen-bond donors (Lipinski definition) is 3. The number of amides is 3. The molecule has 0 bridgehead atoms. The highest BCUT2D eigenvalue weighted by atomic mass is 16.2. The Balaban J connectivity index is 1.89. The van der Waals surface area contributed by atoms with Crippen LogP contribution in [0.3, 0.4) is 0 Å². The summed E-state index contributed by atoms with van der Waals surface area (Å²) in [5, 5.41) is 10.2. The van der Waals surface area contributed by atoms with Crippen LogP contribution in [-0.4, -0.2) is 17.7 Å². The van der Waals surface area contributed by atoms with Gasteiger partial charge in [0.15, 0.2) is 0 Å². The smallest absolute Gasteiger partial charge is 0.255 e. The highest BCUT2D eigenvalue weighted by Gasteiger charge is 2.11. The molecule has 136 valence electrons. The van der Waals surface area contributed by atoms with Gasteiger partial charge in [0.1, 0.15) is 0 Å². The fourth-order valence-electron chi connectivity index (χ4n) is 2.78. The van der Waals surface area contributed by atoms with Gasteiger partial charge in [-0.05, 0) is 41.1 Å². The lowest BCUT2D eigenvalue weighted by molar-refractivity contribution is -0.115. The van der Waals surface area contributed by atoms with E-state index in [0.29, 0.717) is 22.6 Å². The second kappa shape index (κ2) is 7.70. The van der Waals surface area contributed by atoms with E-state index in [9.17, 15) is 14.4 Å². The molecular formula is C21H19N3O3.